The van der Waals surface area contributed by atoms with E-state index in [1.807, 2.05) is 0 Å². The molecule has 3 heterocycles. The Balaban J connectivity index is 1.46. The van der Waals surface area contributed by atoms with Gasteiger partial charge in [0.25, 0.3) is 11.5 Å². The number of nitrogens with one attached hydrogen (secondary N) is 1. The van der Waals surface area contributed by atoms with Crippen LogP contribution in [0.5, 0.6) is 0 Å². The monoisotopic (exact) mass is 430 g/mol. The van der Waals surface area contributed by atoms with E-state index in [2.05, 4.69) is 37.3 Å². The van der Waals surface area contributed by atoms with Gasteiger partial charge in [-0.1, -0.05) is 12.8 Å². The number of hydrogen-bond acceptors (Lipinski definition) is 8. The van der Waals surface area contributed by atoms with Crippen LogP contribution in [0, 0.1) is 0 Å². The van der Waals surface area contributed by atoms with E-state index in [0.29, 0.717) is 6.54 Å². The quantitative estimate of drug-likeness (QED) is 0.602. The summed E-state index contributed by atoms with van der Waals surface area (Å²) < 4.78 is 2.55. The van der Waals surface area contributed by atoms with E-state index in [0.717, 1.165) is 69.4 Å². The van der Waals surface area contributed by atoms with E-state index in [9.17, 15) is 14.4 Å². The predicted octanol–water partition coefficient (Wildman–Crippen LogP) is -0.632. The van der Waals surface area contributed by atoms with Gasteiger partial charge in [0.1, 0.15) is 0 Å². The molecule has 1 N–H and O–H groups in total. The fraction of sp³-hybridized carbons (Fsp3) is 0.700. The van der Waals surface area contributed by atoms with Crippen molar-refractivity contribution in [3.63, 3.8) is 0 Å². The van der Waals surface area contributed by atoms with Gasteiger partial charge in [-0.15, -0.1) is 10.2 Å². The van der Waals surface area contributed by atoms with Crippen LogP contribution in [-0.2, 0) is 7.05 Å². The van der Waals surface area contributed by atoms with Crippen molar-refractivity contribution in [2.24, 2.45) is 7.05 Å². The first-order valence-corrected chi connectivity index (χ1v) is 11.0. The second-order valence-electron chi connectivity index (χ2n) is 8.52. The number of rotatable bonds is 6. The Morgan fingerprint density at radius 1 is 1.06 bits per heavy atom. The number of nitrogens with zero attached hydrogens (tertiary/aromatic N) is 7. The van der Waals surface area contributed by atoms with Crippen molar-refractivity contribution in [3.05, 3.63) is 26.7 Å². The first kappa shape index (κ1) is 21.6. The number of hydrogen-bond donors (Lipinski definition) is 1. The zero-order valence-electron chi connectivity index (χ0n) is 18.2. The Labute approximate surface area is 180 Å². The van der Waals surface area contributed by atoms with E-state index >= 15 is 0 Å². The average Bonchev–Trinajstić information content (AvgIpc) is 3.30. The van der Waals surface area contributed by atoms with Gasteiger partial charge in [-0.05, 0) is 32.9 Å². The summed E-state index contributed by atoms with van der Waals surface area (Å²) in [6.45, 7) is 5.60. The summed E-state index contributed by atoms with van der Waals surface area (Å²) in [6.07, 6.45) is 4.57. The molecular formula is C20H30N8O3. The van der Waals surface area contributed by atoms with Crippen LogP contribution in [0.4, 0.5) is 0 Å². The van der Waals surface area contributed by atoms with Crippen molar-refractivity contribution in [2.45, 2.75) is 38.1 Å². The van der Waals surface area contributed by atoms with Gasteiger partial charge in [0.05, 0.1) is 0 Å². The van der Waals surface area contributed by atoms with E-state index in [1.54, 1.807) is 0 Å². The number of aromatic nitrogens is 5. The third kappa shape index (κ3) is 4.52. The molecular weight excluding hydrogens is 400 g/mol. The molecule has 31 heavy (non-hydrogen) atoms. The predicted molar refractivity (Wildman–Crippen MR) is 115 cm³/mol. The highest BCUT2D eigenvalue weighted by Gasteiger charge is 2.25. The molecule has 1 saturated carbocycles. The Morgan fingerprint density at radius 2 is 1.77 bits per heavy atom. The summed E-state index contributed by atoms with van der Waals surface area (Å²) in [5.41, 5.74) is -0.812. The molecule has 168 valence electrons. The summed E-state index contributed by atoms with van der Waals surface area (Å²) in [6, 6.07) is -0.0212. The number of likely N-dealkylation sites (N-methyl/N-ethyl adjacent to an activating group) is 1. The molecule has 2 aliphatic rings. The van der Waals surface area contributed by atoms with Gasteiger partial charge in [-0.3, -0.25) is 18.7 Å². The van der Waals surface area contributed by atoms with E-state index in [-0.39, 0.29) is 23.0 Å². The molecule has 0 bridgehead atoms. The SMILES string of the molecule is CN1CCN(CCCNC(=O)c2nnc3c(n2)c(=O)n(C)c(=O)n3C2CCCC2)CC1. The number of carbonyl (C=O) groups is 1. The second kappa shape index (κ2) is 9.23. The molecule has 0 aromatic carbocycles. The second-order valence-corrected chi connectivity index (χ2v) is 8.52. The van der Waals surface area contributed by atoms with Crippen molar-refractivity contribution in [1.29, 1.82) is 0 Å². The Kier molecular flexibility index (Phi) is 6.42. The van der Waals surface area contributed by atoms with Crippen LogP contribution in [0.15, 0.2) is 9.59 Å². The molecule has 0 atom stereocenters. The smallest absolute Gasteiger partial charge is 0.332 e. The molecule has 2 aromatic rings. The summed E-state index contributed by atoms with van der Waals surface area (Å²) >= 11 is 0. The molecule has 1 aliphatic carbocycles. The van der Waals surface area contributed by atoms with Crippen LogP contribution in [-0.4, -0.2) is 86.3 Å². The molecule has 11 heteroatoms. The molecule has 2 aromatic heterocycles. The van der Waals surface area contributed by atoms with Crippen molar-refractivity contribution >= 4 is 17.1 Å². The zero-order chi connectivity index (χ0) is 22.0. The molecule has 0 spiro atoms. The highest BCUT2D eigenvalue weighted by molar-refractivity contribution is 5.91. The summed E-state index contributed by atoms with van der Waals surface area (Å²) in [5.74, 6) is -0.616. The minimum absolute atomic E-state index is 0.00610. The van der Waals surface area contributed by atoms with Crippen molar-refractivity contribution in [2.75, 3.05) is 46.3 Å². The van der Waals surface area contributed by atoms with Gasteiger partial charge in [0.2, 0.25) is 5.82 Å². The molecule has 2 fully saturated rings. The average molecular weight is 431 g/mol. The van der Waals surface area contributed by atoms with Crippen LogP contribution < -0.4 is 16.6 Å². The van der Waals surface area contributed by atoms with Crippen LogP contribution in [0.3, 0.4) is 0 Å². The van der Waals surface area contributed by atoms with Crippen molar-refractivity contribution in [1.82, 2.24) is 39.4 Å². The minimum atomic E-state index is -0.562. The van der Waals surface area contributed by atoms with Gasteiger partial charge < -0.3 is 15.1 Å². The minimum Gasteiger partial charge on any atom is -0.349 e. The molecule has 1 aliphatic heterocycles. The first-order valence-electron chi connectivity index (χ1n) is 11.0. The molecule has 1 amide bonds. The Hall–Kier alpha value is -2.66. The molecule has 0 radical (unpaired) electrons. The van der Waals surface area contributed by atoms with Gasteiger partial charge >= 0.3 is 5.69 Å². The molecule has 0 unspecified atom stereocenters. The summed E-state index contributed by atoms with van der Waals surface area (Å²) in [7, 11) is 3.55. The normalized spacial score (nSPS) is 18.6. The Bertz CT molecular complexity index is 1060. The van der Waals surface area contributed by atoms with Crippen molar-refractivity contribution in [3.8, 4) is 0 Å². The van der Waals surface area contributed by atoms with Gasteiger partial charge in [-0.2, -0.15) is 0 Å². The highest BCUT2D eigenvalue weighted by atomic mass is 16.2. The topological polar surface area (TPSA) is 118 Å². The summed E-state index contributed by atoms with van der Waals surface area (Å²) in [4.78, 5) is 46.7. The summed E-state index contributed by atoms with van der Waals surface area (Å²) in [5, 5.41) is 10.8. The van der Waals surface area contributed by atoms with Crippen molar-refractivity contribution < 1.29 is 4.79 Å². The van der Waals surface area contributed by atoms with Crippen LogP contribution in [0.2, 0.25) is 0 Å². The Morgan fingerprint density at radius 3 is 2.48 bits per heavy atom. The first-order chi connectivity index (χ1) is 15.0. The van der Waals surface area contributed by atoms with E-state index < -0.39 is 17.2 Å². The van der Waals surface area contributed by atoms with Gasteiger partial charge in [-0.25, -0.2) is 9.78 Å². The lowest BCUT2D eigenvalue weighted by Crippen LogP contribution is -2.45. The van der Waals surface area contributed by atoms with E-state index in [1.165, 1.54) is 11.6 Å². The van der Waals surface area contributed by atoms with Crippen LogP contribution in [0.1, 0.15) is 48.8 Å². The molecule has 11 nitrogen and oxygen atoms in total. The fourth-order valence-electron chi connectivity index (χ4n) is 4.37. The standard InChI is InChI=1S/C20H30N8O3/c1-25-10-12-27(13-11-25)9-5-8-21-18(29)16-22-15-17(24-23-16)28(14-6-3-4-7-14)20(31)26(2)19(15)30/h14H,3-13H2,1-2H3,(H,21,29). The lowest BCUT2D eigenvalue weighted by atomic mass is 10.2. The number of fused-ring (bicyclic) bond motifs is 1. The number of piperazine rings is 1. The maximum Gasteiger partial charge on any atom is 0.332 e. The lowest BCUT2D eigenvalue weighted by Gasteiger charge is -2.32. The third-order valence-electron chi connectivity index (χ3n) is 6.32. The van der Waals surface area contributed by atoms with E-state index in [4.69, 9.17) is 0 Å². The number of carbonyl (C=O) groups excluding carboxylic acids is 1. The third-order valence-corrected chi connectivity index (χ3v) is 6.32. The maximum atomic E-state index is 12.7. The van der Waals surface area contributed by atoms with Gasteiger partial charge in [0.15, 0.2) is 11.2 Å². The maximum absolute atomic E-state index is 12.7. The lowest BCUT2D eigenvalue weighted by molar-refractivity contribution is 0.0938. The highest BCUT2D eigenvalue weighted by Crippen LogP contribution is 2.29. The number of amides is 1. The fourth-order valence-corrected chi connectivity index (χ4v) is 4.37. The molecule has 1 saturated heterocycles. The van der Waals surface area contributed by atoms with Crippen LogP contribution in [0.25, 0.3) is 11.2 Å². The van der Waals surface area contributed by atoms with Gasteiger partial charge in [0, 0.05) is 45.8 Å². The zero-order valence-corrected chi connectivity index (χ0v) is 18.2. The molecule has 4 rings (SSSR count). The largest absolute Gasteiger partial charge is 0.349 e. The van der Waals surface area contributed by atoms with Crippen LogP contribution >= 0.6 is 0 Å².